The molecule has 1 aromatic heterocycles. The van der Waals surface area contributed by atoms with Crippen molar-refractivity contribution in [2.45, 2.75) is 58.2 Å². The van der Waals surface area contributed by atoms with Gasteiger partial charge in [-0.3, -0.25) is 9.69 Å². The molecule has 0 N–H and O–H groups in total. The van der Waals surface area contributed by atoms with Gasteiger partial charge in [0.2, 0.25) is 0 Å². The molecule has 5 heteroatoms. The van der Waals surface area contributed by atoms with Crippen molar-refractivity contribution < 1.29 is 13.9 Å². The Balaban J connectivity index is 1.80. The lowest BCUT2D eigenvalue weighted by molar-refractivity contribution is -0.157. The Hall–Kier alpha value is -1.00. The summed E-state index contributed by atoms with van der Waals surface area (Å²) in [7, 11) is 0. The molecule has 0 radical (unpaired) electrons. The van der Waals surface area contributed by atoms with E-state index in [0.717, 1.165) is 38.0 Å². The van der Waals surface area contributed by atoms with Gasteiger partial charge < -0.3 is 9.15 Å². The molecule has 4 nitrogen and oxygen atoms in total. The standard InChI is InChI=1S/C16H22ClNO3/c1-3-16(15(19)20-4-2)9-11-5-7-13(16)18(11)10-12-6-8-14(17)21-12/h6,8,11,13H,3-5,7,9-10H2,1-2H3/t11-,13+,16+/m0/s1. The van der Waals surface area contributed by atoms with Crippen LogP contribution in [0.4, 0.5) is 0 Å². The lowest BCUT2D eigenvalue weighted by Gasteiger charge is -2.34. The summed E-state index contributed by atoms with van der Waals surface area (Å²) in [5.74, 6) is 0.842. The SMILES string of the molecule is CCOC(=O)[C@]1(CC)C[C@@H]2CC[C@H]1N2Cc1ccc(Cl)o1. The van der Waals surface area contributed by atoms with Crippen molar-refractivity contribution in [3.05, 3.63) is 23.1 Å². The zero-order valence-corrected chi connectivity index (χ0v) is 13.4. The Labute approximate surface area is 130 Å². The number of hydrogen-bond acceptors (Lipinski definition) is 4. The number of fused-ring (bicyclic) bond motifs is 2. The van der Waals surface area contributed by atoms with Crippen LogP contribution in [0.15, 0.2) is 16.5 Å². The number of hydrogen-bond donors (Lipinski definition) is 0. The highest BCUT2D eigenvalue weighted by Crippen LogP contribution is 2.52. The quantitative estimate of drug-likeness (QED) is 0.779. The number of esters is 1. The summed E-state index contributed by atoms with van der Waals surface area (Å²) in [5.41, 5.74) is -0.338. The second-order valence-corrected chi connectivity index (χ2v) is 6.43. The van der Waals surface area contributed by atoms with Crippen LogP contribution in [0.1, 0.15) is 45.3 Å². The van der Waals surface area contributed by atoms with E-state index in [-0.39, 0.29) is 17.4 Å². The van der Waals surface area contributed by atoms with E-state index in [1.165, 1.54) is 0 Å². The molecule has 116 valence electrons. The van der Waals surface area contributed by atoms with Crippen LogP contribution >= 0.6 is 11.6 Å². The number of ether oxygens (including phenoxy) is 1. The minimum atomic E-state index is -0.338. The second-order valence-electron chi connectivity index (χ2n) is 6.06. The average molecular weight is 312 g/mol. The van der Waals surface area contributed by atoms with Gasteiger partial charge in [-0.2, -0.15) is 0 Å². The van der Waals surface area contributed by atoms with Gasteiger partial charge in [0.1, 0.15) is 5.76 Å². The molecule has 0 aliphatic carbocycles. The number of nitrogens with zero attached hydrogens (tertiary/aromatic N) is 1. The van der Waals surface area contributed by atoms with Crippen molar-refractivity contribution in [2.75, 3.05) is 6.61 Å². The zero-order valence-electron chi connectivity index (χ0n) is 12.6. The van der Waals surface area contributed by atoms with Crippen LogP contribution < -0.4 is 0 Å². The minimum absolute atomic E-state index is 0.0258. The first-order valence-corrected chi connectivity index (χ1v) is 8.15. The molecule has 1 aromatic rings. The Morgan fingerprint density at radius 3 is 2.90 bits per heavy atom. The van der Waals surface area contributed by atoms with Crippen molar-refractivity contribution in [3.63, 3.8) is 0 Å². The van der Waals surface area contributed by atoms with Gasteiger partial charge in [0.15, 0.2) is 5.22 Å². The van der Waals surface area contributed by atoms with E-state index in [2.05, 4.69) is 11.8 Å². The minimum Gasteiger partial charge on any atom is -0.466 e. The predicted molar refractivity (Wildman–Crippen MR) is 80.0 cm³/mol. The predicted octanol–water partition coefficient (Wildman–Crippen LogP) is 3.63. The fraction of sp³-hybridized carbons (Fsp3) is 0.688. The Morgan fingerprint density at radius 2 is 2.29 bits per heavy atom. The molecule has 21 heavy (non-hydrogen) atoms. The summed E-state index contributed by atoms with van der Waals surface area (Å²) in [6.07, 6.45) is 3.95. The van der Waals surface area contributed by atoms with Gasteiger partial charge in [0, 0.05) is 12.1 Å². The number of carbonyl (C=O) groups is 1. The molecular formula is C16H22ClNO3. The van der Waals surface area contributed by atoms with Crippen LogP contribution in [-0.4, -0.2) is 29.6 Å². The first kappa shape index (κ1) is 14.9. The highest BCUT2D eigenvalue weighted by molar-refractivity contribution is 6.28. The van der Waals surface area contributed by atoms with Gasteiger partial charge in [0.05, 0.1) is 18.6 Å². The lowest BCUT2D eigenvalue weighted by Crippen LogP contribution is -2.43. The van der Waals surface area contributed by atoms with E-state index in [1.807, 2.05) is 13.0 Å². The van der Waals surface area contributed by atoms with Crippen molar-refractivity contribution in [3.8, 4) is 0 Å². The topological polar surface area (TPSA) is 42.7 Å². The normalized spacial score (nSPS) is 31.8. The molecule has 0 saturated carbocycles. The molecule has 2 aliphatic heterocycles. The molecule has 3 rings (SSSR count). The molecule has 3 heterocycles. The van der Waals surface area contributed by atoms with E-state index < -0.39 is 0 Å². The van der Waals surface area contributed by atoms with Crippen molar-refractivity contribution >= 4 is 17.6 Å². The average Bonchev–Trinajstić information content (AvgIpc) is 3.14. The van der Waals surface area contributed by atoms with Gasteiger partial charge in [-0.15, -0.1) is 0 Å². The van der Waals surface area contributed by atoms with E-state index >= 15 is 0 Å². The van der Waals surface area contributed by atoms with E-state index in [9.17, 15) is 4.79 Å². The van der Waals surface area contributed by atoms with Crippen LogP contribution in [0, 0.1) is 5.41 Å². The van der Waals surface area contributed by atoms with Crippen molar-refractivity contribution in [2.24, 2.45) is 5.41 Å². The molecule has 0 spiro atoms. The third-order valence-corrected chi connectivity index (χ3v) is 5.36. The van der Waals surface area contributed by atoms with Gasteiger partial charge in [-0.1, -0.05) is 6.92 Å². The van der Waals surface area contributed by atoms with Gasteiger partial charge >= 0.3 is 5.97 Å². The van der Waals surface area contributed by atoms with Crippen molar-refractivity contribution in [1.29, 1.82) is 0 Å². The van der Waals surface area contributed by atoms with Crippen molar-refractivity contribution in [1.82, 2.24) is 4.90 Å². The summed E-state index contributed by atoms with van der Waals surface area (Å²) >= 11 is 5.85. The van der Waals surface area contributed by atoms with E-state index in [4.69, 9.17) is 20.8 Å². The number of rotatable bonds is 5. The summed E-state index contributed by atoms with van der Waals surface area (Å²) in [6, 6.07) is 4.39. The molecular weight excluding hydrogens is 290 g/mol. The van der Waals surface area contributed by atoms with E-state index in [1.54, 1.807) is 6.07 Å². The van der Waals surface area contributed by atoms with Crippen LogP contribution in [0.5, 0.6) is 0 Å². The molecule has 2 fully saturated rings. The first-order chi connectivity index (χ1) is 10.1. The first-order valence-electron chi connectivity index (χ1n) is 7.78. The van der Waals surface area contributed by atoms with Crippen LogP contribution in [-0.2, 0) is 16.1 Å². The molecule has 3 atom stereocenters. The molecule has 0 aromatic carbocycles. The maximum Gasteiger partial charge on any atom is 0.313 e. The molecule has 2 saturated heterocycles. The van der Waals surface area contributed by atoms with E-state index in [0.29, 0.717) is 17.9 Å². The lowest BCUT2D eigenvalue weighted by atomic mass is 9.72. The Bertz CT molecular complexity index is 529. The molecule has 2 bridgehead atoms. The smallest absolute Gasteiger partial charge is 0.313 e. The Kier molecular flexibility index (Phi) is 4.02. The van der Waals surface area contributed by atoms with Crippen LogP contribution in [0.3, 0.4) is 0 Å². The third-order valence-electron chi connectivity index (χ3n) is 5.16. The highest BCUT2D eigenvalue weighted by Gasteiger charge is 2.59. The fourth-order valence-electron chi connectivity index (χ4n) is 4.18. The van der Waals surface area contributed by atoms with Crippen LogP contribution in [0.25, 0.3) is 0 Å². The molecule has 2 aliphatic rings. The molecule has 0 unspecified atom stereocenters. The maximum atomic E-state index is 12.5. The summed E-state index contributed by atoms with van der Waals surface area (Å²) in [5, 5.41) is 0.420. The molecule has 0 amide bonds. The van der Waals surface area contributed by atoms with Gasteiger partial charge in [-0.05, 0) is 56.3 Å². The summed E-state index contributed by atoms with van der Waals surface area (Å²) < 4.78 is 10.9. The second kappa shape index (κ2) is 5.65. The van der Waals surface area contributed by atoms with Crippen LogP contribution in [0.2, 0.25) is 5.22 Å². The zero-order chi connectivity index (χ0) is 15.0. The van der Waals surface area contributed by atoms with Gasteiger partial charge in [-0.25, -0.2) is 0 Å². The summed E-state index contributed by atoms with van der Waals surface area (Å²) in [6.45, 7) is 5.14. The number of furan rings is 1. The van der Waals surface area contributed by atoms with Gasteiger partial charge in [0.25, 0.3) is 0 Å². The Morgan fingerprint density at radius 1 is 1.48 bits per heavy atom. The highest BCUT2D eigenvalue weighted by atomic mass is 35.5. The largest absolute Gasteiger partial charge is 0.466 e. The number of halogens is 1. The monoisotopic (exact) mass is 311 g/mol. The third kappa shape index (κ3) is 2.38. The summed E-state index contributed by atoms with van der Waals surface area (Å²) in [4.78, 5) is 14.9. The maximum absolute atomic E-state index is 12.5. The number of carbonyl (C=O) groups excluding carboxylic acids is 1. The fourth-order valence-corrected chi connectivity index (χ4v) is 4.34.